The summed E-state index contributed by atoms with van der Waals surface area (Å²) in [5.41, 5.74) is 0. The zero-order chi connectivity index (χ0) is 4.28. The van der Waals surface area contributed by atoms with Gasteiger partial charge in [-0.3, -0.25) is 0 Å². The van der Waals surface area contributed by atoms with Crippen molar-refractivity contribution in [2.75, 3.05) is 0 Å². The summed E-state index contributed by atoms with van der Waals surface area (Å²) in [6.07, 6.45) is 0. The molecule has 0 unspecified atom stereocenters. The van der Waals surface area contributed by atoms with Crippen molar-refractivity contribution >= 4 is 12.7 Å². The maximum absolute atomic E-state index is 9.18. The van der Waals surface area contributed by atoms with Gasteiger partial charge < -0.3 is 0 Å². The van der Waals surface area contributed by atoms with Crippen molar-refractivity contribution in [1.82, 2.24) is 0 Å². The molecule has 0 fully saturated rings. The van der Waals surface area contributed by atoms with Crippen molar-refractivity contribution in [3.63, 3.8) is 0 Å². The number of nitro groups is 1. The Hall–Kier alpha value is 0.610. The number of rotatable bonds is 1. The molecule has 0 saturated heterocycles. The topological polar surface area (TPSA) is 43.1 Å². The van der Waals surface area contributed by atoms with Gasteiger partial charge in [-0.25, -0.2) is 0 Å². The van der Waals surface area contributed by atoms with Gasteiger partial charge in [-0.2, -0.15) is 0 Å². The molecule has 0 aliphatic rings. The first-order valence-corrected chi connectivity index (χ1v) is 6.48. The van der Waals surface area contributed by atoms with Gasteiger partial charge in [0.15, 0.2) is 0 Å². The van der Waals surface area contributed by atoms with Crippen LogP contribution in [0.2, 0.25) is 0 Å². The quantitative estimate of drug-likeness (QED) is 0.226. The molecule has 0 heterocycles. The number of halogens is 2. The SMILES string of the molecule is O=[N+]([O-])[I-]Br. The Morgan fingerprint density at radius 3 is 2.20 bits per heavy atom. The van der Waals surface area contributed by atoms with Gasteiger partial charge >= 0.3 is 45.2 Å². The van der Waals surface area contributed by atoms with Crippen molar-refractivity contribution in [2.45, 2.75) is 0 Å². The summed E-state index contributed by atoms with van der Waals surface area (Å²) < 4.78 is -0.348. The van der Waals surface area contributed by atoms with E-state index in [2.05, 4.69) is 12.7 Å². The van der Waals surface area contributed by atoms with E-state index in [0.717, 1.165) is 0 Å². The van der Waals surface area contributed by atoms with Gasteiger partial charge in [0.1, 0.15) is 0 Å². The van der Waals surface area contributed by atoms with E-state index in [-0.39, 0.29) is 3.14 Å². The molecular formula is BrINO2-. The van der Waals surface area contributed by atoms with Gasteiger partial charge in [-0.05, 0) is 0 Å². The molecule has 5 heavy (non-hydrogen) atoms. The summed E-state index contributed by atoms with van der Waals surface area (Å²) in [5.74, 6) is 0. The Bertz CT molecular complexity index is 44.9. The molecule has 0 aliphatic heterocycles. The molecule has 0 aromatic rings. The molecule has 5 heteroatoms. The van der Waals surface area contributed by atoms with Crippen LogP contribution in [0, 0.1) is 10.1 Å². The van der Waals surface area contributed by atoms with Crippen LogP contribution in [0.1, 0.15) is 0 Å². The first kappa shape index (κ1) is 5.61. The van der Waals surface area contributed by atoms with E-state index < -0.39 is 19.3 Å². The normalized spacial score (nSPS) is 8.20. The van der Waals surface area contributed by atoms with Crippen LogP contribution >= 0.6 is 12.7 Å². The zero-order valence-electron chi connectivity index (χ0n) is 2.02. The van der Waals surface area contributed by atoms with Crippen molar-refractivity contribution in [3.8, 4) is 0 Å². The predicted molar refractivity (Wildman–Crippen MR) is 15.9 cm³/mol. The second-order valence-corrected chi connectivity index (χ2v) is 3.23. The molecule has 32 valence electrons. The summed E-state index contributed by atoms with van der Waals surface area (Å²) >= 11 is 1.81. The molecule has 3 nitrogen and oxygen atoms in total. The Balaban J connectivity index is 2.85. The summed E-state index contributed by atoms with van der Waals surface area (Å²) in [6.45, 7) is 0. The number of nitrogens with zero attached hydrogens (tertiary/aromatic N) is 1. The average Bonchev–Trinajstić information content (AvgIpc) is 1.38. The van der Waals surface area contributed by atoms with E-state index in [9.17, 15) is 10.1 Å². The van der Waals surface area contributed by atoms with E-state index >= 15 is 0 Å². The molecule has 0 rings (SSSR count). The second-order valence-electron chi connectivity index (χ2n) is 0.276. The van der Waals surface area contributed by atoms with E-state index in [0.29, 0.717) is 0 Å². The molecule has 0 atom stereocenters. The third kappa shape index (κ3) is 4.61. The monoisotopic (exact) mass is 252 g/mol. The van der Waals surface area contributed by atoms with Crippen LogP contribution in [-0.2, 0) is 0 Å². The standard InChI is InChI=1S/BrINO2/c1-2-3(4)5/q-1. The fraction of sp³-hybridized carbons (Fsp3) is 0. The fourth-order valence-electron chi connectivity index (χ4n) is 0. The molecular weight excluding hydrogens is 253 g/mol. The molecule has 0 aromatic heterocycles. The molecule has 0 aliphatic carbocycles. The summed E-state index contributed by atoms with van der Waals surface area (Å²) in [7, 11) is 0. The van der Waals surface area contributed by atoms with Crippen molar-refractivity contribution in [2.24, 2.45) is 0 Å². The number of hydrogen-bond acceptors (Lipinski definition) is 2. The van der Waals surface area contributed by atoms with Gasteiger partial charge in [0.05, 0.1) is 0 Å². The van der Waals surface area contributed by atoms with Gasteiger partial charge in [-0.1, -0.05) is 0 Å². The zero-order valence-corrected chi connectivity index (χ0v) is 5.76. The van der Waals surface area contributed by atoms with Crippen LogP contribution in [0.25, 0.3) is 0 Å². The van der Waals surface area contributed by atoms with Crippen LogP contribution in [0.5, 0.6) is 0 Å². The predicted octanol–water partition coefficient (Wildman–Crippen LogP) is -2.42. The van der Waals surface area contributed by atoms with E-state index in [4.69, 9.17) is 0 Å². The average molecular weight is 253 g/mol. The third-order valence-electron chi connectivity index (χ3n) is 0.0522. The van der Waals surface area contributed by atoms with E-state index in [1.165, 1.54) is 0 Å². The van der Waals surface area contributed by atoms with Gasteiger partial charge in [0.25, 0.3) is 0 Å². The van der Waals surface area contributed by atoms with E-state index in [1.807, 2.05) is 0 Å². The summed E-state index contributed by atoms with van der Waals surface area (Å²) in [5, 5.41) is 9.18. The van der Waals surface area contributed by atoms with Crippen LogP contribution in [-0.4, -0.2) is 3.14 Å². The van der Waals surface area contributed by atoms with Gasteiger partial charge in [0, 0.05) is 0 Å². The maximum atomic E-state index is 9.18. The van der Waals surface area contributed by atoms with Crippen molar-refractivity contribution < 1.29 is 22.4 Å². The van der Waals surface area contributed by atoms with Crippen molar-refractivity contribution in [3.05, 3.63) is 10.1 Å². The van der Waals surface area contributed by atoms with E-state index in [1.54, 1.807) is 0 Å². The Kier molecular flexibility index (Phi) is 3.17. The van der Waals surface area contributed by atoms with Gasteiger partial charge in [0.2, 0.25) is 0 Å². The Morgan fingerprint density at radius 2 is 2.20 bits per heavy atom. The minimum atomic E-state index is -0.917. The molecule has 0 radical (unpaired) electrons. The Morgan fingerprint density at radius 1 is 2.00 bits per heavy atom. The third-order valence-corrected chi connectivity index (χ3v) is 1.82. The minimum absolute atomic E-state index is 0.348. The molecule has 0 aromatic carbocycles. The molecule has 0 amide bonds. The summed E-state index contributed by atoms with van der Waals surface area (Å²) in [4.78, 5) is 9.18. The van der Waals surface area contributed by atoms with Crippen LogP contribution < -0.4 is 19.3 Å². The number of hydrogen-bond donors (Lipinski definition) is 0. The molecule has 0 N–H and O–H groups in total. The Labute approximate surface area is 45.3 Å². The molecule has 0 bridgehead atoms. The van der Waals surface area contributed by atoms with Crippen molar-refractivity contribution in [1.29, 1.82) is 0 Å². The first-order chi connectivity index (χ1) is 2.27. The molecule has 0 spiro atoms. The molecule has 0 saturated carbocycles. The first-order valence-electron chi connectivity index (χ1n) is 0.677. The van der Waals surface area contributed by atoms with Crippen LogP contribution in [0.3, 0.4) is 0 Å². The van der Waals surface area contributed by atoms with Crippen LogP contribution in [0.15, 0.2) is 0 Å². The van der Waals surface area contributed by atoms with Crippen LogP contribution in [0.4, 0.5) is 0 Å². The second kappa shape index (κ2) is 2.83. The fourth-order valence-corrected chi connectivity index (χ4v) is 0. The summed E-state index contributed by atoms with van der Waals surface area (Å²) in [6, 6.07) is 0. The van der Waals surface area contributed by atoms with Gasteiger partial charge in [-0.15, -0.1) is 0 Å².